The number of phenolic OH excluding ortho intramolecular Hbond substituents is 1. The minimum Gasteiger partial charge on any atom is -0.508 e. The second-order valence-electron chi connectivity index (χ2n) is 4.86. The van der Waals surface area contributed by atoms with Crippen LogP contribution >= 0.6 is 0 Å². The smallest absolute Gasteiger partial charge is 0.126 e. The third-order valence-electron chi connectivity index (χ3n) is 3.33. The van der Waals surface area contributed by atoms with Crippen molar-refractivity contribution in [2.24, 2.45) is 0 Å². The molecule has 0 heterocycles. The largest absolute Gasteiger partial charge is 0.508 e. The van der Waals surface area contributed by atoms with Crippen LogP contribution in [0.3, 0.4) is 0 Å². The summed E-state index contributed by atoms with van der Waals surface area (Å²) in [5.41, 5.74) is 1.57. The van der Waals surface area contributed by atoms with Gasteiger partial charge in [-0.1, -0.05) is 18.2 Å². The molecule has 2 nitrogen and oxygen atoms in total. The highest BCUT2D eigenvalue weighted by atomic mass is 19.1. The Morgan fingerprint density at radius 1 is 0.900 bits per heavy atom. The van der Waals surface area contributed by atoms with Crippen molar-refractivity contribution in [2.75, 3.05) is 0 Å². The molecule has 0 saturated heterocycles. The molecular formula is C16H17F2NO. The van der Waals surface area contributed by atoms with Gasteiger partial charge in [0.15, 0.2) is 0 Å². The highest BCUT2D eigenvalue weighted by molar-refractivity contribution is 5.35. The van der Waals surface area contributed by atoms with Crippen LogP contribution in [0.1, 0.15) is 37.1 Å². The van der Waals surface area contributed by atoms with Crippen molar-refractivity contribution in [1.29, 1.82) is 0 Å². The molecule has 106 valence electrons. The summed E-state index contributed by atoms with van der Waals surface area (Å²) < 4.78 is 25.8. The molecule has 2 atom stereocenters. The van der Waals surface area contributed by atoms with Gasteiger partial charge in [0, 0.05) is 23.7 Å². The summed E-state index contributed by atoms with van der Waals surface area (Å²) in [4.78, 5) is 0. The number of benzene rings is 2. The third-order valence-corrected chi connectivity index (χ3v) is 3.33. The molecule has 0 spiro atoms. The summed E-state index contributed by atoms with van der Waals surface area (Å²) in [6.07, 6.45) is 0. The molecule has 0 radical (unpaired) electrons. The average Bonchev–Trinajstić information content (AvgIpc) is 2.39. The number of nitrogens with one attached hydrogen (secondary N) is 1. The van der Waals surface area contributed by atoms with Crippen molar-refractivity contribution in [1.82, 2.24) is 5.32 Å². The zero-order valence-corrected chi connectivity index (χ0v) is 11.4. The SMILES string of the molecule is CC(N[C@@H](C)c1ccc(F)cc1)c1ccc(F)cc1O. The molecule has 0 amide bonds. The lowest BCUT2D eigenvalue weighted by atomic mass is 10.0. The highest BCUT2D eigenvalue weighted by Crippen LogP contribution is 2.27. The van der Waals surface area contributed by atoms with Crippen LogP contribution < -0.4 is 5.32 Å². The molecular weight excluding hydrogens is 260 g/mol. The maximum Gasteiger partial charge on any atom is 0.126 e. The van der Waals surface area contributed by atoms with E-state index in [-0.39, 0.29) is 23.7 Å². The number of hydrogen-bond donors (Lipinski definition) is 2. The van der Waals surface area contributed by atoms with E-state index in [1.165, 1.54) is 18.2 Å². The van der Waals surface area contributed by atoms with Gasteiger partial charge in [0.05, 0.1) is 0 Å². The Labute approximate surface area is 117 Å². The Kier molecular flexibility index (Phi) is 4.35. The van der Waals surface area contributed by atoms with Crippen molar-refractivity contribution in [3.63, 3.8) is 0 Å². The molecule has 0 aliphatic rings. The van der Waals surface area contributed by atoms with Crippen molar-refractivity contribution in [3.8, 4) is 5.75 Å². The normalized spacial score (nSPS) is 14.0. The lowest BCUT2D eigenvalue weighted by molar-refractivity contribution is 0.434. The zero-order chi connectivity index (χ0) is 14.7. The number of phenols is 1. The highest BCUT2D eigenvalue weighted by Gasteiger charge is 2.14. The van der Waals surface area contributed by atoms with E-state index in [0.717, 1.165) is 11.6 Å². The average molecular weight is 277 g/mol. The van der Waals surface area contributed by atoms with Crippen LogP contribution in [0.5, 0.6) is 5.75 Å². The van der Waals surface area contributed by atoms with E-state index in [4.69, 9.17) is 0 Å². The number of halogens is 2. The molecule has 0 saturated carbocycles. The molecule has 20 heavy (non-hydrogen) atoms. The van der Waals surface area contributed by atoms with Crippen LogP contribution in [-0.4, -0.2) is 5.11 Å². The van der Waals surface area contributed by atoms with Gasteiger partial charge in [0.1, 0.15) is 17.4 Å². The van der Waals surface area contributed by atoms with Gasteiger partial charge in [0.25, 0.3) is 0 Å². The summed E-state index contributed by atoms with van der Waals surface area (Å²) in [7, 11) is 0. The van der Waals surface area contributed by atoms with E-state index >= 15 is 0 Å². The minimum atomic E-state index is -0.468. The first kappa shape index (κ1) is 14.5. The Balaban J connectivity index is 2.10. The molecule has 1 unspecified atom stereocenters. The monoisotopic (exact) mass is 277 g/mol. The van der Waals surface area contributed by atoms with Crippen LogP contribution in [0.4, 0.5) is 8.78 Å². The van der Waals surface area contributed by atoms with Gasteiger partial charge >= 0.3 is 0 Å². The van der Waals surface area contributed by atoms with Crippen molar-refractivity contribution in [2.45, 2.75) is 25.9 Å². The quantitative estimate of drug-likeness (QED) is 0.882. The molecule has 2 aromatic carbocycles. The van der Waals surface area contributed by atoms with Crippen molar-refractivity contribution >= 4 is 0 Å². The predicted octanol–water partition coefficient (Wildman–Crippen LogP) is 4.08. The van der Waals surface area contributed by atoms with Crippen LogP contribution in [0.15, 0.2) is 42.5 Å². The molecule has 0 bridgehead atoms. The van der Waals surface area contributed by atoms with Crippen molar-refractivity contribution < 1.29 is 13.9 Å². The molecule has 0 aliphatic carbocycles. The second kappa shape index (κ2) is 6.01. The summed E-state index contributed by atoms with van der Waals surface area (Å²) in [5, 5.41) is 13.0. The van der Waals surface area contributed by atoms with Gasteiger partial charge in [-0.25, -0.2) is 8.78 Å². The van der Waals surface area contributed by atoms with E-state index in [9.17, 15) is 13.9 Å². The third kappa shape index (κ3) is 3.33. The lowest BCUT2D eigenvalue weighted by Crippen LogP contribution is -2.22. The van der Waals surface area contributed by atoms with Crippen LogP contribution in [-0.2, 0) is 0 Å². The maximum atomic E-state index is 13.0. The van der Waals surface area contributed by atoms with Gasteiger partial charge < -0.3 is 10.4 Å². The zero-order valence-electron chi connectivity index (χ0n) is 11.4. The summed E-state index contributed by atoms with van der Waals surface area (Å²) in [6.45, 7) is 3.83. The lowest BCUT2D eigenvalue weighted by Gasteiger charge is -2.21. The molecule has 2 N–H and O–H groups in total. The molecule has 2 aromatic rings. The molecule has 0 aliphatic heterocycles. The second-order valence-corrected chi connectivity index (χ2v) is 4.86. The first-order valence-electron chi connectivity index (χ1n) is 6.47. The van der Waals surface area contributed by atoms with Gasteiger partial charge in [-0.3, -0.25) is 0 Å². The molecule has 2 rings (SSSR count). The van der Waals surface area contributed by atoms with Crippen LogP contribution in [0.2, 0.25) is 0 Å². The van der Waals surface area contributed by atoms with E-state index < -0.39 is 5.82 Å². The number of aromatic hydroxyl groups is 1. The topological polar surface area (TPSA) is 32.3 Å². The van der Waals surface area contributed by atoms with Gasteiger partial charge in [-0.15, -0.1) is 0 Å². The Hall–Kier alpha value is -1.94. The van der Waals surface area contributed by atoms with Gasteiger partial charge in [-0.05, 0) is 37.6 Å². The Bertz CT molecular complexity index is 584. The molecule has 4 heteroatoms. The summed E-state index contributed by atoms with van der Waals surface area (Å²) >= 11 is 0. The van der Waals surface area contributed by atoms with E-state index in [1.54, 1.807) is 18.2 Å². The Morgan fingerprint density at radius 2 is 1.50 bits per heavy atom. The van der Waals surface area contributed by atoms with Crippen LogP contribution in [0, 0.1) is 11.6 Å². The molecule has 0 aromatic heterocycles. The fraction of sp³-hybridized carbons (Fsp3) is 0.250. The Morgan fingerprint density at radius 3 is 2.10 bits per heavy atom. The van der Waals surface area contributed by atoms with Gasteiger partial charge in [-0.2, -0.15) is 0 Å². The summed E-state index contributed by atoms with van der Waals surface area (Å²) in [5.74, 6) is -0.813. The fourth-order valence-electron chi connectivity index (χ4n) is 2.20. The van der Waals surface area contributed by atoms with E-state index in [1.807, 2.05) is 13.8 Å². The van der Waals surface area contributed by atoms with E-state index in [0.29, 0.717) is 5.56 Å². The first-order chi connectivity index (χ1) is 9.47. The maximum absolute atomic E-state index is 13.0. The predicted molar refractivity (Wildman–Crippen MR) is 74.4 cm³/mol. The van der Waals surface area contributed by atoms with Crippen LogP contribution in [0.25, 0.3) is 0 Å². The number of rotatable bonds is 4. The van der Waals surface area contributed by atoms with Gasteiger partial charge in [0.2, 0.25) is 0 Å². The number of hydrogen-bond acceptors (Lipinski definition) is 2. The standard InChI is InChI=1S/C16H17F2NO/c1-10(12-3-5-13(17)6-4-12)19-11(2)15-8-7-14(18)9-16(15)20/h3-11,19-20H,1-2H3/t10-,11?/m0/s1. The minimum absolute atomic E-state index is 0.0185. The van der Waals surface area contributed by atoms with E-state index in [2.05, 4.69) is 5.32 Å². The fourth-order valence-corrected chi connectivity index (χ4v) is 2.20. The first-order valence-corrected chi connectivity index (χ1v) is 6.47. The van der Waals surface area contributed by atoms with Crippen molar-refractivity contribution in [3.05, 3.63) is 65.2 Å². The molecule has 0 fully saturated rings. The summed E-state index contributed by atoms with van der Waals surface area (Å²) in [6, 6.07) is 10.0.